The van der Waals surface area contributed by atoms with E-state index in [9.17, 15) is 9.59 Å². The van der Waals surface area contributed by atoms with Crippen LogP contribution in [0.25, 0.3) is 16.9 Å². The number of para-hydroxylation sites is 1. The van der Waals surface area contributed by atoms with Gasteiger partial charge in [0.05, 0.1) is 27.0 Å². The van der Waals surface area contributed by atoms with Gasteiger partial charge in [0.25, 0.3) is 0 Å². The highest BCUT2D eigenvalue weighted by Crippen LogP contribution is 2.36. The van der Waals surface area contributed by atoms with Crippen LogP contribution in [0.2, 0.25) is 5.02 Å². The number of methoxy groups -OCH3 is 3. The lowest BCUT2D eigenvalue weighted by molar-refractivity contribution is 0.0549. The first kappa shape index (κ1) is 24.8. The minimum Gasteiger partial charge on any atom is -0.493 e. The molecular weight excluding hydrogens is 484 g/mol. The maximum atomic E-state index is 12.9. The Bertz CT molecular complexity index is 1400. The number of carbonyl (C=O) groups excluding carboxylic acids is 2. The molecule has 3 aromatic carbocycles. The van der Waals surface area contributed by atoms with E-state index in [0.29, 0.717) is 27.8 Å². The Hall–Kier alpha value is -4.30. The van der Waals surface area contributed by atoms with E-state index < -0.39 is 11.9 Å². The third-order valence-corrected chi connectivity index (χ3v) is 5.80. The molecule has 0 amide bonds. The number of esters is 2. The lowest BCUT2D eigenvalue weighted by Crippen LogP contribution is -2.15. The van der Waals surface area contributed by atoms with Gasteiger partial charge < -0.3 is 18.9 Å². The summed E-state index contributed by atoms with van der Waals surface area (Å²) in [5, 5.41) is 5.19. The first-order chi connectivity index (χ1) is 17.5. The van der Waals surface area contributed by atoms with E-state index in [1.165, 1.54) is 26.0 Å². The van der Waals surface area contributed by atoms with Gasteiger partial charge in [0.2, 0.25) is 0 Å². The maximum absolute atomic E-state index is 12.9. The van der Waals surface area contributed by atoms with Gasteiger partial charge in [0.1, 0.15) is 17.9 Å². The highest BCUT2D eigenvalue weighted by atomic mass is 35.5. The van der Waals surface area contributed by atoms with Gasteiger partial charge in [-0.25, -0.2) is 14.3 Å². The van der Waals surface area contributed by atoms with E-state index in [1.54, 1.807) is 48.5 Å². The number of benzene rings is 3. The van der Waals surface area contributed by atoms with Gasteiger partial charge in [-0.15, -0.1) is 0 Å². The van der Waals surface area contributed by atoms with Crippen LogP contribution in [-0.2, 0) is 16.1 Å². The Kier molecular flexibility index (Phi) is 7.56. The van der Waals surface area contributed by atoms with Gasteiger partial charge in [0.15, 0.2) is 17.2 Å². The normalized spacial score (nSPS) is 10.6. The van der Waals surface area contributed by atoms with E-state index in [1.807, 2.05) is 24.3 Å². The maximum Gasteiger partial charge on any atom is 0.357 e. The van der Waals surface area contributed by atoms with Crippen molar-refractivity contribution < 1.29 is 28.5 Å². The molecule has 0 spiro atoms. The van der Waals surface area contributed by atoms with Crippen LogP contribution < -0.4 is 9.47 Å². The van der Waals surface area contributed by atoms with Crippen LogP contribution in [0, 0.1) is 0 Å². The Morgan fingerprint density at radius 3 is 2.22 bits per heavy atom. The van der Waals surface area contributed by atoms with Crippen molar-refractivity contribution in [3.8, 4) is 28.4 Å². The third kappa shape index (κ3) is 4.89. The molecule has 8 nitrogen and oxygen atoms in total. The Labute approximate surface area is 212 Å². The standard InChI is InChI=1S/C27H23ClN2O6/c1-33-21-14-13-17(15-22(21)36-16-18-9-7-8-12-20(18)28)24-23(26(31)34-2)25(27(32)35-3)30(29-24)19-10-5-4-6-11-19/h4-15H,16H2,1-3H3. The Morgan fingerprint density at radius 2 is 1.56 bits per heavy atom. The molecule has 0 bridgehead atoms. The summed E-state index contributed by atoms with van der Waals surface area (Å²) in [6.45, 7) is 0.190. The molecule has 0 saturated heterocycles. The second kappa shape index (κ2) is 11.0. The molecule has 0 fully saturated rings. The topological polar surface area (TPSA) is 88.9 Å². The van der Waals surface area contributed by atoms with Crippen molar-refractivity contribution in [1.82, 2.24) is 9.78 Å². The predicted octanol–water partition coefficient (Wildman–Crippen LogP) is 5.35. The van der Waals surface area contributed by atoms with Crippen molar-refractivity contribution in [1.29, 1.82) is 0 Å². The monoisotopic (exact) mass is 506 g/mol. The van der Waals surface area contributed by atoms with Crippen molar-refractivity contribution in [2.24, 2.45) is 0 Å². The minimum absolute atomic E-state index is 0.0320. The van der Waals surface area contributed by atoms with Gasteiger partial charge in [-0.3, -0.25) is 0 Å². The number of nitrogens with zero attached hydrogens (tertiary/aromatic N) is 2. The van der Waals surface area contributed by atoms with Crippen LogP contribution in [0.15, 0.2) is 72.8 Å². The van der Waals surface area contributed by atoms with Crippen molar-refractivity contribution in [3.05, 3.63) is 94.6 Å². The molecule has 1 heterocycles. The number of halogens is 1. The molecule has 0 saturated carbocycles. The van der Waals surface area contributed by atoms with E-state index in [0.717, 1.165) is 5.56 Å². The zero-order valence-electron chi connectivity index (χ0n) is 19.9. The first-order valence-electron chi connectivity index (χ1n) is 10.9. The smallest absolute Gasteiger partial charge is 0.357 e. The molecule has 1 aromatic heterocycles. The van der Waals surface area contributed by atoms with Crippen LogP contribution in [0.5, 0.6) is 11.5 Å². The lowest BCUT2D eigenvalue weighted by atomic mass is 10.0. The van der Waals surface area contributed by atoms with Crippen LogP contribution in [0.1, 0.15) is 26.4 Å². The summed E-state index contributed by atoms with van der Waals surface area (Å²) in [5.74, 6) is -0.593. The summed E-state index contributed by atoms with van der Waals surface area (Å²) in [6, 6.07) is 21.4. The van der Waals surface area contributed by atoms with E-state index in [2.05, 4.69) is 5.10 Å². The fourth-order valence-corrected chi connectivity index (χ4v) is 3.85. The van der Waals surface area contributed by atoms with Crippen molar-refractivity contribution in [2.75, 3.05) is 21.3 Å². The average molecular weight is 507 g/mol. The van der Waals surface area contributed by atoms with Gasteiger partial charge in [0, 0.05) is 16.1 Å². The predicted molar refractivity (Wildman–Crippen MR) is 134 cm³/mol. The second-order valence-electron chi connectivity index (χ2n) is 7.55. The van der Waals surface area contributed by atoms with E-state index in [4.69, 9.17) is 30.5 Å². The van der Waals surface area contributed by atoms with Gasteiger partial charge >= 0.3 is 11.9 Å². The van der Waals surface area contributed by atoms with E-state index in [-0.39, 0.29) is 23.6 Å². The zero-order chi connectivity index (χ0) is 25.7. The summed E-state index contributed by atoms with van der Waals surface area (Å²) in [6.07, 6.45) is 0. The third-order valence-electron chi connectivity index (χ3n) is 5.43. The van der Waals surface area contributed by atoms with Gasteiger partial charge in [-0.2, -0.15) is 5.10 Å². The SMILES string of the molecule is COC(=O)c1c(-c2ccc(OC)c(OCc3ccccc3Cl)c2)nn(-c2ccccc2)c1C(=O)OC. The molecule has 0 atom stereocenters. The minimum atomic E-state index is -0.735. The molecule has 0 radical (unpaired) electrons. The number of carbonyl (C=O) groups is 2. The molecular formula is C27H23ClN2O6. The quantitative estimate of drug-likeness (QED) is 0.297. The molecule has 184 valence electrons. The molecule has 36 heavy (non-hydrogen) atoms. The number of rotatable bonds is 8. The fraction of sp³-hybridized carbons (Fsp3) is 0.148. The first-order valence-corrected chi connectivity index (χ1v) is 11.3. The van der Waals surface area contributed by atoms with Gasteiger partial charge in [-0.05, 0) is 36.4 Å². The molecule has 0 aliphatic heterocycles. The number of hydrogen-bond acceptors (Lipinski definition) is 7. The molecule has 0 aliphatic carbocycles. The molecule has 0 N–H and O–H groups in total. The summed E-state index contributed by atoms with van der Waals surface area (Å²) in [5.41, 5.74) is 2.00. The Morgan fingerprint density at radius 1 is 0.861 bits per heavy atom. The molecule has 9 heteroatoms. The van der Waals surface area contributed by atoms with Crippen molar-refractivity contribution >= 4 is 23.5 Å². The molecule has 4 rings (SSSR count). The lowest BCUT2D eigenvalue weighted by Gasteiger charge is -2.13. The number of hydrogen-bond donors (Lipinski definition) is 0. The number of aromatic nitrogens is 2. The van der Waals surface area contributed by atoms with Crippen LogP contribution in [-0.4, -0.2) is 43.0 Å². The average Bonchev–Trinajstić information content (AvgIpc) is 3.33. The van der Waals surface area contributed by atoms with Crippen LogP contribution >= 0.6 is 11.6 Å². The van der Waals surface area contributed by atoms with Crippen LogP contribution in [0.3, 0.4) is 0 Å². The second-order valence-corrected chi connectivity index (χ2v) is 7.96. The molecule has 4 aromatic rings. The molecule has 0 unspecified atom stereocenters. The largest absolute Gasteiger partial charge is 0.493 e. The highest BCUT2D eigenvalue weighted by molar-refractivity contribution is 6.31. The summed E-state index contributed by atoms with van der Waals surface area (Å²) in [4.78, 5) is 25.7. The Balaban J connectivity index is 1.86. The van der Waals surface area contributed by atoms with Crippen molar-refractivity contribution in [2.45, 2.75) is 6.61 Å². The van der Waals surface area contributed by atoms with E-state index >= 15 is 0 Å². The van der Waals surface area contributed by atoms with Crippen molar-refractivity contribution in [3.63, 3.8) is 0 Å². The highest BCUT2D eigenvalue weighted by Gasteiger charge is 2.31. The van der Waals surface area contributed by atoms with Gasteiger partial charge in [-0.1, -0.05) is 48.0 Å². The summed E-state index contributed by atoms with van der Waals surface area (Å²) >= 11 is 6.27. The number of ether oxygens (including phenoxy) is 4. The van der Waals surface area contributed by atoms with Crippen LogP contribution in [0.4, 0.5) is 0 Å². The summed E-state index contributed by atoms with van der Waals surface area (Å²) in [7, 11) is 4.00. The summed E-state index contributed by atoms with van der Waals surface area (Å²) < 4.78 is 22.8. The fourth-order valence-electron chi connectivity index (χ4n) is 3.66. The zero-order valence-corrected chi connectivity index (χ0v) is 20.6. The molecule has 0 aliphatic rings.